The summed E-state index contributed by atoms with van der Waals surface area (Å²) in [6, 6.07) is 7.54. The summed E-state index contributed by atoms with van der Waals surface area (Å²) in [5, 5.41) is 0. The van der Waals surface area contributed by atoms with Gasteiger partial charge >= 0.3 is 5.97 Å². The largest absolute Gasteiger partial charge is 0.462 e. The number of carbonyl (C=O) groups excluding carboxylic acids is 1. The predicted molar refractivity (Wildman–Crippen MR) is 60.9 cm³/mol. The van der Waals surface area contributed by atoms with Gasteiger partial charge in [0.05, 0.1) is 12.2 Å². The molecule has 15 heavy (non-hydrogen) atoms. The second-order valence-corrected chi connectivity index (χ2v) is 3.15. The Bertz CT molecular complexity index is 353. The number of benzene rings is 1. The molecule has 0 saturated carbocycles. The molecule has 0 bridgehead atoms. The van der Waals surface area contributed by atoms with E-state index < -0.39 is 0 Å². The van der Waals surface area contributed by atoms with Crippen molar-refractivity contribution in [1.82, 2.24) is 0 Å². The van der Waals surface area contributed by atoms with Crippen molar-refractivity contribution in [2.75, 3.05) is 6.61 Å². The van der Waals surface area contributed by atoms with E-state index in [0.717, 1.165) is 12.0 Å². The van der Waals surface area contributed by atoms with Crippen molar-refractivity contribution >= 4 is 5.97 Å². The molecule has 0 atom stereocenters. The molecule has 0 aliphatic rings. The van der Waals surface area contributed by atoms with E-state index in [1.54, 1.807) is 6.07 Å². The smallest absolute Gasteiger partial charge is 0.338 e. The summed E-state index contributed by atoms with van der Waals surface area (Å²) >= 11 is 0. The quantitative estimate of drug-likeness (QED) is 0.556. The van der Waals surface area contributed by atoms with Crippen molar-refractivity contribution in [2.24, 2.45) is 0 Å². The first-order chi connectivity index (χ1) is 7.29. The lowest BCUT2D eigenvalue weighted by molar-refractivity contribution is 0.0525. The molecule has 0 fully saturated rings. The normalized spacial score (nSPS) is 10.5. The van der Waals surface area contributed by atoms with Crippen molar-refractivity contribution in [3.63, 3.8) is 0 Å². The molecule has 0 saturated heterocycles. The van der Waals surface area contributed by atoms with E-state index in [9.17, 15) is 4.79 Å². The van der Waals surface area contributed by atoms with Gasteiger partial charge < -0.3 is 4.74 Å². The van der Waals surface area contributed by atoms with Crippen LogP contribution in [0.15, 0.2) is 36.4 Å². The van der Waals surface area contributed by atoms with Crippen LogP contribution in [-0.4, -0.2) is 12.6 Å². The third-order valence-corrected chi connectivity index (χ3v) is 2.09. The van der Waals surface area contributed by atoms with Crippen LogP contribution in [0.25, 0.3) is 0 Å². The minimum atomic E-state index is -0.238. The summed E-state index contributed by atoms with van der Waals surface area (Å²) in [5.41, 5.74) is 1.67. The van der Waals surface area contributed by atoms with Crippen LogP contribution in [0.2, 0.25) is 0 Å². The number of hydrogen-bond donors (Lipinski definition) is 0. The maximum absolute atomic E-state index is 11.6. The molecule has 80 valence electrons. The number of esters is 1. The van der Waals surface area contributed by atoms with E-state index >= 15 is 0 Å². The maximum Gasteiger partial charge on any atom is 0.338 e. The van der Waals surface area contributed by atoms with Gasteiger partial charge in [0, 0.05) is 0 Å². The van der Waals surface area contributed by atoms with E-state index in [1.165, 1.54) is 0 Å². The molecule has 0 radical (unpaired) electrons. The van der Waals surface area contributed by atoms with Gasteiger partial charge in [0.25, 0.3) is 0 Å². The molecule has 2 heteroatoms. The van der Waals surface area contributed by atoms with Gasteiger partial charge in [-0.05, 0) is 31.9 Å². The van der Waals surface area contributed by atoms with Crippen LogP contribution >= 0.6 is 0 Å². The lowest BCUT2D eigenvalue weighted by Crippen LogP contribution is -2.07. The molecule has 0 aliphatic carbocycles. The first kappa shape index (κ1) is 11.5. The van der Waals surface area contributed by atoms with Crippen LogP contribution in [0.1, 0.15) is 29.8 Å². The molecule has 1 rings (SSSR count). The van der Waals surface area contributed by atoms with E-state index in [2.05, 4.69) is 0 Å². The highest BCUT2D eigenvalue weighted by Gasteiger charge is 2.09. The Labute approximate surface area is 90.6 Å². The monoisotopic (exact) mass is 204 g/mol. The number of hydrogen-bond acceptors (Lipinski definition) is 2. The maximum atomic E-state index is 11.6. The molecule has 0 spiro atoms. The highest BCUT2D eigenvalue weighted by Crippen LogP contribution is 2.11. The highest BCUT2D eigenvalue weighted by molar-refractivity contribution is 5.91. The summed E-state index contributed by atoms with van der Waals surface area (Å²) in [6.45, 7) is 4.19. The van der Waals surface area contributed by atoms with Crippen LogP contribution in [0.4, 0.5) is 0 Å². The van der Waals surface area contributed by atoms with Crippen LogP contribution in [0.5, 0.6) is 0 Å². The molecule has 0 heterocycles. The fourth-order valence-electron chi connectivity index (χ4n) is 1.35. The van der Waals surface area contributed by atoms with E-state index in [4.69, 9.17) is 4.74 Å². The van der Waals surface area contributed by atoms with E-state index in [-0.39, 0.29) is 5.97 Å². The topological polar surface area (TPSA) is 26.3 Å². The zero-order chi connectivity index (χ0) is 11.1. The fourth-order valence-corrected chi connectivity index (χ4v) is 1.35. The average Bonchev–Trinajstić information content (AvgIpc) is 2.27. The van der Waals surface area contributed by atoms with Crippen molar-refractivity contribution in [3.05, 3.63) is 47.5 Å². The lowest BCUT2D eigenvalue weighted by Gasteiger charge is -2.06. The zero-order valence-electron chi connectivity index (χ0n) is 9.19. The Balaban J connectivity index is 2.90. The van der Waals surface area contributed by atoms with Crippen LogP contribution in [0, 0.1) is 0 Å². The third-order valence-electron chi connectivity index (χ3n) is 2.09. The van der Waals surface area contributed by atoms with E-state index in [1.807, 2.05) is 44.2 Å². The van der Waals surface area contributed by atoms with Crippen molar-refractivity contribution in [2.45, 2.75) is 20.3 Å². The summed E-state index contributed by atoms with van der Waals surface area (Å²) in [5.74, 6) is -0.238. The van der Waals surface area contributed by atoms with Gasteiger partial charge in [-0.15, -0.1) is 0 Å². The fraction of sp³-hybridized carbons (Fsp3) is 0.308. The van der Waals surface area contributed by atoms with Gasteiger partial charge in [0.15, 0.2) is 0 Å². The molecular formula is C13H16O2. The molecule has 0 aliphatic heterocycles. The standard InChI is InChI=1S/C13H16O2/c1-3-5-8-11-9-6-7-10-12(11)13(14)15-4-2/h3,5-7,9-10H,4,8H2,1-2H3/b5-3+. The summed E-state index contributed by atoms with van der Waals surface area (Å²) in [7, 11) is 0. The van der Waals surface area contributed by atoms with Gasteiger partial charge in [0.1, 0.15) is 0 Å². The van der Waals surface area contributed by atoms with Gasteiger partial charge in [-0.25, -0.2) is 4.79 Å². The third kappa shape index (κ3) is 3.24. The number of carbonyl (C=O) groups is 1. The Morgan fingerprint density at radius 2 is 2.13 bits per heavy atom. The second-order valence-electron chi connectivity index (χ2n) is 3.15. The van der Waals surface area contributed by atoms with Gasteiger partial charge in [-0.3, -0.25) is 0 Å². The Morgan fingerprint density at radius 1 is 1.40 bits per heavy atom. The van der Waals surface area contributed by atoms with Gasteiger partial charge in [0.2, 0.25) is 0 Å². The molecule has 0 amide bonds. The van der Waals surface area contributed by atoms with Gasteiger partial charge in [-0.1, -0.05) is 30.4 Å². The zero-order valence-corrected chi connectivity index (χ0v) is 9.19. The van der Waals surface area contributed by atoms with Crippen LogP contribution < -0.4 is 0 Å². The lowest BCUT2D eigenvalue weighted by atomic mass is 10.0. The molecule has 1 aromatic rings. The summed E-state index contributed by atoms with van der Waals surface area (Å²) < 4.78 is 4.99. The van der Waals surface area contributed by atoms with Crippen LogP contribution in [-0.2, 0) is 11.2 Å². The minimum absolute atomic E-state index is 0.238. The summed E-state index contributed by atoms with van der Waals surface area (Å²) in [6.07, 6.45) is 4.77. The first-order valence-corrected chi connectivity index (χ1v) is 5.15. The highest BCUT2D eigenvalue weighted by atomic mass is 16.5. The molecule has 0 aromatic heterocycles. The second kappa shape index (κ2) is 6.02. The Morgan fingerprint density at radius 3 is 2.80 bits per heavy atom. The van der Waals surface area contributed by atoms with Crippen molar-refractivity contribution in [1.29, 1.82) is 0 Å². The molecule has 0 N–H and O–H groups in total. The first-order valence-electron chi connectivity index (χ1n) is 5.15. The molecule has 2 nitrogen and oxygen atoms in total. The Kier molecular flexibility index (Phi) is 4.61. The van der Waals surface area contributed by atoms with Gasteiger partial charge in [-0.2, -0.15) is 0 Å². The van der Waals surface area contributed by atoms with E-state index in [0.29, 0.717) is 12.2 Å². The predicted octanol–water partition coefficient (Wildman–Crippen LogP) is 2.98. The number of ether oxygens (including phenoxy) is 1. The summed E-state index contributed by atoms with van der Waals surface area (Å²) in [4.78, 5) is 11.6. The van der Waals surface area contributed by atoms with Crippen LogP contribution in [0.3, 0.4) is 0 Å². The molecule has 1 aromatic carbocycles. The number of allylic oxidation sites excluding steroid dienone is 2. The Hall–Kier alpha value is -1.57. The molecular weight excluding hydrogens is 188 g/mol. The minimum Gasteiger partial charge on any atom is -0.462 e. The van der Waals surface area contributed by atoms with Crippen molar-refractivity contribution in [3.8, 4) is 0 Å². The average molecular weight is 204 g/mol. The number of rotatable bonds is 4. The SMILES string of the molecule is C/C=C/Cc1ccccc1C(=O)OCC. The molecule has 0 unspecified atom stereocenters. The van der Waals surface area contributed by atoms with Crippen molar-refractivity contribution < 1.29 is 9.53 Å².